The second-order valence-corrected chi connectivity index (χ2v) is 4.97. The van der Waals surface area contributed by atoms with Crippen molar-refractivity contribution in [3.8, 4) is 11.8 Å². The molecule has 1 aliphatic carbocycles. The van der Waals surface area contributed by atoms with Gasteiger partial charge in [-0.15, -0.1) is 0 Å². The summed E-state index contributed by atoms with van der Waals surface area (Å²) in [4.78, 5) is 0. The predicted molar refractivity (Wildman–Crippen MR) is 76.1 cm³/mol. The fraction of sp³-hybridized carbons (Fsp3) is 0.562. The number of nitrogens with one attached hydrogen (secondary N) is 1. The molecular weight excluding hydrogens is 236 g/mol. The standard InChI is InChI=1S/C16H22N2O/c1-2-18-16-9-6-13-12-14(7-8-15(13)16)19-11-5-3-4-10-17/h7-8,12,16,18H,2-6,9,11H2,1H3. The minimum absolute atomic E-state index is 0.518. The van der Waals surface area contributed by atoms with Gasteiger partial charge in [-0.3, -0.25) is 0 Å². The van der Waals surface area contributed by atoms with Gasteiger partial charge in [-0.25, -0.2) is 0 Å². The van der Waals surface area contributed by atoms with Crippen LogP contribution in [-0.2, 0) is 6.42 Å². The van der Waals surface area contributed by atoms with Gasteiger partial charge in [-0.2, -0.15) is 5.26 Å². The first-order valence-corrected chi connectivity index (χ1v) is 7.21. The molecule has 102 valence electrons. The van der Waals surface area contributed by atoms with Crippen molar-refractivity contribution in [2.45, 2.75) is 45.1 Å². The van der Waals surface area contributed by atoms with Crippen molar-refractivity contribution in [1.29, 1.82) is 5.26 Å². The Hall–Kier alpha value is -1.53. The molecule has 0 radical (unpaired) electrons. The molecule has 0 saturated heterocycles. The summed E-state index contributed by atoms with van der Waals surface area (Å²) in [5, 5.41) is 12.0. The molecule has 0 spiro atoms. The van der Waals surface area contributed by atoms with Crippen molar-refractivity contribution in [2.24, 2.45) is 0 Å². The van der Waals surface area contributed by atoms with Crippen LogP contribution in [0.2, 0.25) is 0 Å². The first-order valence-electron chi connectivity index (χ1n) is 7.21. The van der Waals surface area contributed by atoms with Crippen LogP contribution >= 0.6 is 0 Å². The summed E-state index contributed by atoms with van der Waals surface area (Å²) in [5.74, 6) is 0.966. The largest absolute Gasteiger partial charge is 0.494 e. The molecule has 1 unspecified atom stereocenters. The number of benzene rings is 1. The average molecular weight is 258 g/mol. The molecule has 3 heteroatoms. The van der Waals surface area contributed by atoms with Crippen LogP contribution in [-0.4, -0.2) is 13.2 Å². The first-order chi connectivity index (χ1) is 9.35. The SMILES string of the molecule is CCNC1CCc2cc(OCCCCC#N)ccc21. The van der Waals surface area contributed by atoms with Crippen LogP contribution in [0, 0.1) is 11.3 Å². The van der Waals surface area contributed by atoms with Gasteiger partial charge < -0.3 is 10.1 Å². The Balaban J connectivity index is 1.86. The minimum atomic E-state index is 0.518. The number of rotatable bonds is 7. The van der Waals surface area contributed by atoms with E-state index in [4.69, 9.17) is 10.00 Å². The van der Waals surface area contributed by atoms with Gasteiger partial charge in [0.1, 0.15) is 5.75 Å². The topological polar surface area (TPSA) is 45.0 Å². The van der Waals surface area contributed by atoms with Crippen LogP contribution in [0.15, 0.2) is 18.2 Å². The van der Waals surface area contributed by atoms with Crippen LogP contribution in [0.3, 0.4) is 0 Å². The summed E-state index contributed by atoms with van der Waals surface area (Å²) in [6, 6.07) is 9.11. The molecule has 0 saturated carbocycles. The maximum absolute atomic E-state index is 8.46. The molecular formula is C16H22N2O. The summed E-state index contributed by atoms with van der Waals surface area (Å²) in [6.07, 6.45) is 4.82. The molecule has 1 aromatic carbocycles. The Bertz CT molecular complexity index is 451. The van der Waals surface area contributed by atoms with Crippen LogP contribution < -0.4 is 10.1 Å². The lowest BCUT2D eigenvalue weighted by Crippen LogP contribution is -2.18. The van der Waals surface area contributed by atoms with Gasteiger partial charge in [-0.1, -0.05) is 13.0 Å². The molecule has 1 aromatic rings. The molecule has 19 heavy (non-hydrogen) atoms. The maximum atomic E-state index is 8.46. The first kappa shape index (κ1) is 13.9. The normalized spacial score (nSPS) is 16.9. The average Bonchev–Trinajstić information content (AvgIpc) is 2.82. The van der Waals surface area contributed by atoms with E-state index in [1.165, 1.54) is 17.5 Å². The third kappa shape index (κ3) is 3.71. The van der Waals surface area contributed by atoms with Gasteiger partial charge in [0.25, 0.3) is 0 Å². The molecule has 0 amide bonds. The van der Waals surface area contributed by atoms with E-state index in [-0.39, 0.29) is 0 Å². The van der Waals surface area contributed by atoms with Crippen molar-refractivity contribution in [2.75, 3.05) is 13.2 Å². The van der Waals surface area contributed by atoms with E-state index in [0.29, 0.717) is 19.1 Å². The fourth-order valence-corrected chi connectivity index (χ4v) is 2.64. The van der Waals surface area contributed by atoms with Crippen LogP contribution in [0.4, 0.5) is 0 Å². The van der Waals surface area contributed by atoms with Crippen LogP contribution in [0.25, 0.3) is 0 Å². The van der Waals surface area contributed by atoms with Gasteiger partial charge in [0, 0.05) is 12.5 Å². The second-order valence-electron chi connectivity index (χ2n) is 4.97. The van der Waals surface area contributed by atoms with E-state index in [0.717, 1.165) is 31.6 Å². The van der Waals surface area contributed by atoms with Crippen molar-refractivity contribution in [1.82, 2.24) is 5.32 Å². The van der Waals surface area contributed by atoms with Crippen molar-refractivity contribution < 1.29 is 4.74 Å². The number of nitriles is 1. The maximum Gasteiger partial charge on any atom is 0.119 e. The number of unbranched alkanes of at least 4 members (excludes halogenated alkanes) is 2. The van der Waals surface area contributed by atoms with Gasteiger partial charge >= 0.3 is 0 Å². The zero-order valence-corrected chi connectivity index (χ0v) is 11.6. The van der Waals surface area contributed by atoms with E-state index in [2.05, 4.69) is 36.5 Å². The van der Waals surface area contributed by atoms with Crippen molar-refractivity contribution >= 4 is 0 Å². The summed E-state index contributed by atoms with van der Waals surface area (Å²) in [7, 11) is 0. The lowest BCUT2D eigenvalue weighted by Gasteiger charge is -2.13. The summed E-state index contributed by atoms with van der Waals surface area (Å²) in [5.41, 5.74) is 2.85. The molecule has 0 aliphatic heterocycles. The van der Waals surface area contributed by atoms with Crippen LogP contribution in [0.1, 0.15) is 49.8 Å². The number of ether oxygens (including phenoxy) is 1. The van der Waals surface area contributed by atoms with Crippen molar-refractivity contribution in [3.05, 3.63) is 29.3 Å². The zero-order valence-electron chi connectivity index (χ0n) is 11.6. The quantitative estimate of drug-likeness (QED) is 0.763. The number of aryl methyl sites for hydroxylation is 1. The van der Waals surface area contributed by atoms with E-state index >= 15 is 0 Å². The number of hydrogen-bond acceptors (Lipinski definition) is 3. The van der Waals surface area contributed by atoms with E-state index in [1.54, 1.807) is 0 Å². The van der Waals surface area contributed by atoms with Crippen molar-refractivity contribution in [3.63, 3.8) is 0 Å². The predicted octanol–water partition coefficient (Wildman–Crippen LogP) is 3.36. The molecule has 0 aromatic heterocycles. The number of fused-ring (bicyclic) bond motifs is 1. The molecule has 3 nitrogen and oxygen atoms in total. The Kier molecular flexibility index (Phi) is 5.23. The zero-order chi connectivity index (χ0) is 13.5. The summed E-state index contributed by atoms with van der Waals surface area (Å²) >= 11 is 0. The minimum Gasteiger partial charge on any atom is -0.494 e. The molecule has 1 aliphatic rings. The lowest BCUT2D eigenvalue weighted by atomic mass is 10.1. The highest BCUT2D eigenvalue weighted by Gasteiger charge is 2.21. The van der Waals surface area contributed by atoms with Crippen LogP contribution in [0.5, 0.6) is 5.75 Å². The molecule has 2 rings (SSSR count). The smallest absolute Gasteiger partial charge is 0.119 e. The fourth-order valence-electron chi connectivity index (χ4n) is 2.64. The molecule has 1 atom stereocenters. The molecule has 0 bridgehead atoms. The monoisotopic (exact) mass is 258 g/mol. The highest BCUT2D eigenvalue weighted by Crippen LogP contribution is 2.33. The third-order valence-corrected chi connectivity index (χ3v) is 3.59. The summed E-state index contributed by atoms with van der Waals surface area (Å²) < 4.78 is 5.74. The third-order valence-electron chi connectivity index (χ3n) is 3.59. The van der Waals surface area contributed by atoms with E-state index in [9.17, 15) is 0 Å². The van der Waals surface area contributed by atoms with Gasteiger partial charge in [0.2, 0.25) is 0 Å². The van der Waals surface area contributed by atoms with E-state index in [1.807, 2.05) is 0 Å². The Morgan fingerprint density at radius 2 is 2.32 bits per heavy atom. The molecule has 0 heterocycles. The Morgan fingerprint density at radius 3 is 3.11 bits per heavy atom. The van der Waals surface area contributed by atoms with Gasteiger partial charge in [-0.05, 0) is 55.5 Å². The highest BCUT2D eigenvalue weighted by atomic mass is 16.5. The highest BCUT2D eigenvalue weighted by molar-refractivity contribution is 5.40. The van der Waals surface area contributed by atoms with Gasteiger partial charge in [0.15, 0.2) is 0 Å². The van der Waals surface area contributed by atoms with E-state index < -0.39 is 0 Å². The molecule has 1 N–H and O–H groups in total. The lowest BCUT2D eigenvalue weighted by molar-refractivity contribution is 0.307. The molecule has 0 fully saturated rings. The summed E-state index contributed by atoms with van der Waals surface area (Å²) in [6.45, 7) is 3.87. The van der Waals surface area contributed by atoms with Gasteiger partial charge in [0.05, 0.1) is 12.7 Å². The Morgan fingerprint density at radius 1 is 1.42 bits per heavy atom. The second kappa shape index (κ2) is 7.16. The Labute approximate surface area is 115 Å². The number of nitrogens with zero attached hydrogens (tertiary/aromatic N) is 1. The number of hydrogen-bond donors (Lipinski definition) is 1.